The summed E-state index contributed by atoms with van der Waals surface area (Å²) in [7, 11) is 0. The molecule has 0 aromatic heterocycles. The molecule has 19 heavy (non-hydrogen) atoms. The zero-order valence-corrected chi connectivity index (χ0v) is 10.7. The lowest BCUT2D eigenvalue weighted by Crippen LogP contribution is -2.26. The molecule has 0 aliphatic heterocycles. The van der Waals surface area contributed by atoms with Gasteiger partial charge >= 0.3 is 5.97 Å². The van der Waals surface area contributed by atoms with E-state index in [2.05, 4.69) is 5.32 Å². The van der Waals surface area contributed by atoms with E-state index in [-0.39, 0.29) is 12.4 Å². The Morgan fingerprint density at radius 1 is 1.26 bits per heavy atom. The Morgan fingerprint density at radius 2 is 1.84 bits per heavy atom. The second kappa shape index (κ2) is 6.65. The van der Waals surface area contributed by atoms with Crippen LogP contribution < -0.4 is 5.32 Å². The van der Waals surface area contributed by atoms with Gasteiger partial charge in [0.05, 0.1) is 0 Å². The number of rotatable bonds is 6. The average molecular weight is 265 g/mol. The first kappa shape index (κ1) is 14.8. The first-order valence-corrected chi connectivity index (χ1v) is 5.65. The Labute approximate surface area is 110 Å². The quantitative estimate of drug-likeness (QED) is 0.757. The molecule has 0 aliphatic carbocycles. The molecule has 2 N–H and O–H groups in total. The number of hydrogen-bond donors (Lipinski definition) is 2. The van der Waals surface area contributed by atoms with Crippen LogP contribution in [0.1, 0.15) is 24.2 Å². The number of ketones is 1. The molecular weight excluding hydrogens is 250 g/mol. The van der Waals surface area contributed by atoms with Crippen molar-refractivity contribution in [2.75, 3.05) is 11.9 Å². The standard InChI is InChI=1S/C13H15NO5/c1-8(15)10-3-5-11(6-4-10)14-12(16)7-19-9(2)13(17)18/h3-6,9H,7H2,1-2H3,(H,14,16)(H,17,18)/t9-/m1/s1. The number of carboxylic acids is 1. The number of anilines is 1. The molecule has 102 valence electrons. The zero-order chi connectivity index (χ0) is 14.4. The van der Waals surface area contributed by atoms with Gasteiger partial charge in [-0.2, -0.15) is 0 Å². The highest BCUT2D eigenvalue weighted by atomic mass is 16.5. The first-order chi connectivity index (χ1) is 8.90. The Morgan fingerprint density at radius 3 is 2.32 bits per heavy atom. The fourth-order valence-electron chi connectivity index (χ4n) is 1.26. The minimum absolute atomic E-state index is 0.0588. The molecule has 0 bridgehead atoms. The SMILES string of the molecule is CC(=O)c1ccc(NC(=O)CO[C@H](C)C(=O)O)cc1. The lowest BCUT2D eigenvalue weighted by Gasteiger charge is -2.09. The second-order valence-corrected chi connectivity index (χ2v) is 3.97. The third-order valence-electron chi connectivity index (χ3n) is 2.39. The van der Waals surface area contributed by atoms with Gasteiger partial charge in [0.2, 0.25) is 5.91 Å². The van der Waals surface area contributed by atoms with Crippen molar-refractivity contribution in [3.63, 3.8) is 0 Å². The maximum atomic E-state index is 11.5. The van der Waals surface area contributed by atoms with Crippen molar-refractivity contribution in [3.05, 3.63) is 29.8 Å². The summed E-state index contributed by atoms with van der Waals surface area (Å²) in [5.74, 6) is -1.64. The minimum Gasteiger partial charge on any atom is -0.479 e. The molecule has 0 saturated carbocycles. The van der Waals surface area contributed by atoms with E-state index in [0.29, 0.717) is 11.3 Å². The molecule has 1 aromatic rings. The molecule has 0 unspecified atom stereocenters. The zero-order valence-electron chi connectivity index (χ0n) is 10.7. The average Bonchev–Trinajstić information content (AvgIpc) is 2.36. The Bertz CT molecular complexity index is 480. The van der Waals surface area contributed by atoms with Crippen LogP contribution in [0.25, 0.3) is 0 Å². The fourth-order valence-corrected chi connectivity index (χ4v) is 1.26. The molecule has 0 heterocycles. The van der Waals surface area contributed by atoms with Crippen LogP contribution >= 0.6 is 0 Å². The molecular formula is C13H15NO5. The smallest absolute Gasteiger partial charge is 0.332 e. The van der Waals surface area contributed by atoms with Crippen molar-refractivity contribution in [3.8, 4) is 0 Å². The highest BCUT2D eigenvalue weighted by molar-refractivity contribution is 5.95. The van der Waals surface area contributed by atoms with Crippen molar-refractivity contribution < 1.29 is 24.2 Å². The number of nitrogens with one attached hydrogen (secondary N) is 1. The van der Waals surface area contributed by atoms with Crippen molar-refractivity contribution in [2.45, 2.75) is 20.0 Å². The van der Waals surface area contributed by atoms with Gasteiger partial charge in [-0.1, -0.05) is 0 Å². The van der Waals surface area contributed by atoms with E-state index in [0.717, 1.165) is 0 Å². The largest absolute Gasteiger partial charge is 0.479 e. The summed E-state index contributed by atoms with van der Waals surface area (Å²) < 4.78 is 4.83. The summed E-state index contributed by atoms with van der Waals surface area (Å²) in [6.45, 7) is 2.45. The highest BCUT2D eigenvalue weighted by Gasteiger charge is 2.13. The van der Waals surface area contributed by atoms with Gasteiger partial charge in [0, 0.05) is 11.3 Å². The van der Waals surface area contributed by atoms with Crippen molar-refractivity contribution in [2.24, 2.45) is 0 Å². The van der Waals surface area contributed by atoms with Crippen molar-refractivity contribution >= 4 is 23.3 Å². The third-order valence-corrected chi connectivity index (χ3v) is 2.39. The molecule has 6 nitrogen and oxygen atoms in total. The number of carbonyl (C=O) groups is 3. The first-order valence-electron chi connectivity index (χ1n) is 5.65. The van der Waals surface area contributed by atoms with Crippen LogP contribution in [0.3, 0.4) is 0 Å². The van der Waals surface area contributed by atoms with E-state index >= 15 is 0 Å². The summed E-state index contributed by atoms with van der Waals surface area (Å²) in [5.41, 5.74) is 1.07. The summed E-state index contributed by atoms with van der Waals surface area (Å²) in [5, 5.41) is 11.1. The van der Waals surface area contributed by atoms with Gasteiger partial charge < -0.3 is 15.2 Å². The molecule has 0 radical (unpaired) electrons. The predicted octanol–water partition coefficient (Wildman–Crippen LogP) is 1.32. The molecule has 6 heteroatoms. The third kappa shape index (κ3) is 4.89. The molecule has 1 rings (SSSR count). The Hall–Kier alpha value is -2.21. The van der Waals surface area contributed by atoms with Crippen LogP contribution in [0.5, 0.6) is 0 Å². The van der Waals surface area contributed by atoms with Crippen LogP contribution in [0.4, 0.5) is 5.69 Å². The maximum absolute atomic E-state index is 11.5. The molecule has 0 fully saturated rings. The maximum Gasteiger partial charge on any atom is 0.332 e. The monoisotopic (exact) mass is 265 g/mol. The van der Waals surface area contributed by atoms with Gasteiger partial charge in [0.15, 0.2) is 11.9 Å². The van der Waals surface area contributed by atoms with Crippen LogP contribution in [-0.4, -0.2) is 35.5 Å². The van der Waals surface area contributed by atoms with Gasteiger partial charge in [-0.25, -0.2) is 4.79 Å². The number of Topliss-reactive ketones (excluding diaryl/α,β-unsaturated/α-hetero) is 1. The van der Waals surface area contributed by atoms with Crippen LogP contribution in [0.15, 0.2) is 24.3 Å². The molecule has 1 amide bonds. The lowest BCUT2D eigenvalue weighted by atomic mass is 10.1. The number of carbonyl (C=O) groups excluding carboxylic acids is 2. The van der Waals surface area contributed by atoms with Gasteiger partial charge in [-0.3, -0.25) is 9.59 Å². The van der Waals surface area contributed by atoms with E-state index < -0.39 is 18.0 Å². The van der Waals surface area contributed by atoms with Gasteiger partial charge in [0.1, 0.15) is 6.61 Å². The summed E-state index contributed by atoms with van der Waals surface area (Å²) in [6.07, 6.45) is -1.04. The Kier molecular flexibility index (Phi) is 5.20. The molecule has 0 saturated heterocycles. The van der Waals surface area contributed by atoms with Crippen LogP contribution in [0.2, 0.25) is 0 Å². The number of benzene rings is 1. The van der Waals surface area contributed by atoms with Crippen molar-refractivity contribution in [1.29, 1.82) is 0 Å². The van der Waals surface area contributed by atoms with E-state index in [1.807, 2.05) is 0 Å². The molecule has 0 spiro atoms. The summed E-state index contributed by atoms with van der Waals surface area (Å²) >= 11 is 0. The van der Waals surface area contributed by atoms with E-state index in [4.69, 9.17) is 9.84 Å². The highest BCUT2D eigenvalue weighted by Crippen LogP contribution is 2.10. The second-order valence-electron chi connectivity index (χ2n) is 3.97. The van der Waals surface area contributed by atoms with E-state index in [9.17, 15) is 14.4 Å². The molecule has 1 aromatic carbocycles. The number of ether oxygens (including phenoxy) is 1. The van der Waals surface area contributed by atoms with Crippen LogP contribution in [0, 0.1) is 0 Å². The minimum atomic E-state index is -1.13. The lowest BCUT2D eigenvalue weighted by molar-refractivity contribution is -0.150. The van der Waals surface area contributed by atoms with Crippen molar-refractivity contribution in [1.82, 2.24) is 0 Å². The molecule has 0 aliphatic rings. The van der Waals surface area contributed by atoms with Gasteiger partial charge in [0.25, 0.3) is 0 Å². The number of amides is 1. The Balaban J connectivity index is 2.48. The summed E-state index contributed by atoms with van der Waals surface area (Å²) in [4.78, 5) is 33.0. The fraction of sp³-hybridized carbons (Fsp3) is 0.308. The molecule has 1 atom stereocenters. The van der Waals surface area contributed by atoms with E-state index in [1.54, 1.807) is 24.3 Å². The van der Waals surface area contributed by atoms with Gasteiger partial charge in [-0.05, 0) is 38.1 Å². The number of carboxylic acid groups (broad SMARTS) is 1. The van der Waals surface area contributed by atoms with E-state index in [1.165, 1.54) is 13.8 Å². The number of hydrogen-bond acceptors (Lipinski definition) is 4. The topological polar surface area (TPSA) is 92.7 Å². The summed E-state index contributed by atoms with van der Waals surface area (Å²) in [6, 6.07) is 6.38. The predicted molar refractivity (Wildman–Crippen MR) is 68.1 cm³/mol. The number of aliphatic carboxylic acids is 1. The van der Waals surface area contributed by atoms with Crippen LogP contribution in [-0.2, 0) is 14.3 Å². The normalized spacial score (nSPS) is 11.7. The van der Waals surface area contributed by atoms with Gasteiger partial charge in [-0.15, -0.1) is 0 Å².